The van der Waals surface area contributed by atoms with Gasteiger partial charge in [0.15, 0.2) is 17.3 Å². The van der Waals surface area contributed by atoms with Gasteiger partial charge in [-0.05, 0) is 33.7 Å². The van der Waals surface area contributed by atoms with Crippen molar-refractivity contribution in [1.82, 2.24) is 25.1 Å². The van der Waals surface area contributed by atoms with Crippen LogP contribution in [0.3, 0.4) is 0 Å². The summed E-state index contributed by atoms with van der Waals surface area (Å²) in [5, 5.41) is 12.7. The number of tetrazole rings is 1. The molecule has 1 fully saturated rings. The standard InChI is InChI=1S/C21H25N5O3/c1-27-18-9-8-17(14-19(18)28-2)20(25-10-12-29-13-11-25)21-22-23-24-26(21)15-16-6-4-3-5-7-16/h3-9,14,20H,10-13,15H2,1-2H3/t20-/m0/s1. The second-order valence-corrected chi connectivity index (χ2v) is 6.85. The Balaban J connectivity index is 1.73. The van der Waals surface area contributed by atoms with Crippen molar-refractivity contribution in [2.24, 2.45) is 0 Å². The van der Waals surface area contributed by atoms with Gasteiger partial charge in [0.25, 0.3) is 0 Å². The van der Waals surface area contributed by atoms with E-state index in [1.165, 1.54) is 0 Å². The zero-order valence-corrected chi connectivity index (χ0v) is 16.7. The largest absolute Gasteiger partial charge is 0.493 e. The van der Waals surface area contributed by atoms with Crippen molar-refractivity contribution in [1.29, 1.82) is 0 Å². The van der Waals surface area contributed by atoms with Gasteiger partial charge in [-0.2, -0.15) is 0 Å². The van der Waals surface area contributed by atoms with E-state index >= 15 is 0 Å². The Kier molecular flexibility index (Phi) is 6.02. The van der Waals surface area contributed by atoms with Gasteiger partial charge < -0.3 is 14.2 Å². The molecule has 0 N–H and O–H groups in total. The highest BCUT2D eigenvalue weighted by molar-refractivity contribution is 5.45. The van der Waals surface area contributed by atoms with Crippen molar-refractivity contribution in [3.63, 3.8) is 0 Å². The van der Waals surface area contributed by atoms with Gasteiger partial charge in [-0.1, -0.05) is 36.4 Å². The van der Waals surface area contributed by atoms with Crippen LogP contribution < -0.4 is 9.47 Å². The zero-order valence-electron chi connectivity index (χ0n) is 16.7. The van der Waals surface area contributed by atoms with Crippen LogP contribution >= 0.6 is 0 Å². The van der Waals surface area contributed by atoms with E-state index < -0.39 is 0 Å². The summed E-state index contributed by atoms with van der Waals surface area (Å²) in [7, 11) is 3.28. The lowest BCUT2D eigenvalue weighted by molar-refractivity contribution is 0.0216. The summed E-state index contributed by atoms with van der Waals surface area (Å²) >= 11 is 0. The third-order valence-corrected chi connectivity index (χ3v) is 5.11. The molecular weight excluding hydrogens is 370 g/mol. The minimum atomic E-state index is -0.114. The van der Waals surface area contributed by atoms with Gasteiger partial charge in [-0.25, -0.2) is 4.68 Å². The van der Waals surface area contributed by atoms with E-state index in [0.717, 1.165) is 30.0 Å². The lowest BCUT2D eigenvalue weighted by atomic mass is 10.0. The molecule has 8 heteroatoms. The first-order valence-electron chi connectivity index (χ1n) is 9.64. The van der Waals surface area contributed by atoms with Gasteiger partial charge in [0.1, 0.15) is 0 Å². The van der Waals surface area contributed by atoms with E-state index in [1.54, 1.807) is 14.2 Å². The van der Waals surface area contributed by atoms with Crippen LogP contribution in [0.4, 0.5) is 0 Å². The maximum Gasteiger partial charge on any atom is 0.173 e. The molecule has 3 aromatic rings. The molecule has 0 bridgehead atoms. The number of benzene rings is 2. The maximum atomic E-state index is 5.57. The van der Waals surface area contributed by atoms with E-state index in [-0.39, 0.29) is 6.04 Å². The highest BCUT2D eigenvalue weighted by Gasteiger charge is 2.30. The molecule has 2 aromatic carbocycles. The van der Waals surface area contributed by atoms with Crippen molar-refractivity contribution >= 4 is 0 Å². The first kappa shape index (κ1) is 19.4. The Morgan fingerprint density at radius 2 is 1.76 bits per heavy atom. The van der Waals surface area contributed by atoms with Gasteiger partial charge in [0.05, 0.1) is 40.0 Å². The van der Waals surface area contributed by atoms with Crippen molar-refractivity contribution < 1.29 is 14.2 Å². The fourth-order valence-electron chi connectivity index (χ4n) is 3.66. The number of methoxy groups -OCH3 is 2. The third-order valence-electron chi connectivity index (χ3n) is 5.11. The molecule has 4 rings (SSSR count). The van der Waals surface area contributed by atoms with Crippen LogP contribution in [0.2, 0.25) is 0 Å². The summed E-state index contributed by atoms with van der Waals surface area (Å²) in [6.07, 6.45) is 0. The summed E-state index contributed by atoms with van der Waals surface area (Å²) in [4.78, 5) is 2.35. The van der Waals surface area contributed by atoms with Crippen LogP contribution in [0.25, 0.3) is 0 Å². The van der Waals surface area contributed by atoms with Crippen molar-refractivity contribution in [3.8, 4) is 11.5 Å². The average Bonchev–Trinajstić information content (AvgIpc) is 3.23. The molecule has 0 unspecified atom stereocenters. The van der Waals surface area contributed by atoms with Gasteiger partial charge in [-0.15, -0.1) is 5.10 Å². The normalized spacial score (nSPS) is 15.8. The summed E-state index contributed by atoms with van der Waals surface area (Å²) in [5.41, 5.74) is 2.20. The molecule has 1 aliphatic heterocycles. The predicted octanol–water partition coefficient (Wildman–Crippen LogP) is 2.16. The summed E-state index contributed by atoms with van der Waals surface area (Å²) < 4.78 is 18.4. The van der Waals surface area contributed by atoms with E-state index in [2.05, 4.69) is 32.6 Å². The van der Waals surface area contributed by atoms with Gasteiger partial charge in [-0.3, -0.25) is 4.90 Å². The molecule has 0 spiro atoms. The number of ether oxygens (including phenoxy) is 3. The molecule has 29 heavy (non-hydrogen) atoms. The smallest absolute Gasteiger partial charge is 0.173 e. The molecule has 2 heterocycles. The van der Waals surface area contributed by atoms with Crippen LogP contribution in [-0.2, 0) is 11.3 Å². The van der Waals surface area contributed by atoms with Crippen LogP contribution in [-0.4, -0.2) is 65.6 Å². The Labute approximate surface area is 170 Å². The lowest BCUT2D eigenvalue weighted by Crippen LogP contribution is -2.40. The van der Waals surface area contributed by atoms with Gasteiger partial charge in [0.2, 0.25) is 0 Å². The number of hydrogen-bond donors (Lipinski definition) is 0. The number of rotatable bonds is 7. The number of aromatic nitrogens is 4. The van der Waals surface area contributed by atoms with E-state index in [4.69, 9.17) is 14.2 Å². The third kappa shape index (κ3) is 4.23. The van der Waals surface area contributed by atoms with Crippen molar-refractivity contribution in [3.05, 3.63) is 65.5 Å². The first-order chi connectivity index (χ1) is 14.3. The molecular formula is C21H25N5O3. The number of hydrogen-bond acceptors (Lipinski definition) is 7. The van der Waals surface area contributed by atoms with Crippen LogP contribution in [0, 0.1) is 0 Å². The van der Waals surface area contributed by atoms with Crippen molar-refractivity contribution in [2.75, 3.05) is 40.5 Å². The molecule has 1 aromatic heterocycles. The minimum Gasteiger partial charge on any atom is -0.493 e. The Hall–Kier alpha value is -2.97. The Morgan fingerprint density at radius 3 is 2.48 bits per heavy atom. The second-order valence-electron chi connectivity index (χ2n) is 6.85. The second kappa shape index (κ2) is 9.02. The van der Waals surface area contributed by atoms with Crippen LogP contribution in [0.1, 0.15) is 23.0 Å². The molecule has 1 atom stereocenters. The fourth-order valence-corrected chi connectivity index (χ4v) is 3.66. The summed E-state index contributed by atoms with van der Waals surface area (Å²) in [6, 6.07) is 16.1. The van der Waals surface area contributed by atoms with E-state index in [0.29, 0.717) is 31.3 Å². The molecule has 0 radical (unpaired) electrons. The fraction of sp³-hybridized carbons (Fsp3) is 0.381. The van der Waals surface area contributed by atoms with E-state index in [1.807, 2.05) is 41.1 Å². The minimum absolute atomic E-state index is 0.114. The highest BCUT2D eigenvalue weighted by atomic mass is 16.5. The average molecular weight is 395 g/mol. The Morgan fingerprint density at radius 1 is 1.00 bits per heavy atom. The topological polar surface area (TPSA) is 74.5 Å². The highest BCUT2D eigenvalue weighted by Crippen LogP contribution is 2.34. The lowest BCUT2D eigenvalue weighted by Gasteiger charge is -2.34. The molecule has 0 amide bonds. The molecule has 152 valence electrons. The summed E-state index contributed by atoms with van der Waals surface area (Å²) in [5.74, 6) is 2.18. The van der Waals surface area contributed by atoms with Gasteiger partial charge >= 0.3 is 0 Å². The van der Waals surface area contributed by atoms with E-state index in [9.17, 15) is 0 Å². The predicted molar refractivity (Wildman–Crippen MR) is 107 cm³/mol. The first-order valence-corrected chi connectivity index (χ1v) is 9.64. The SMILES string of the molecule is COc1ccc([C@@H](c2nnnn2Cc2ccccc2)N2CCOCC2)cc1OC. The van der Waals surface area contributed by atoms with Crippen LogP contribution in [0.5, 0.6) is 11.5 Å². The zero-order chi connectivity index (χ0) is 20.1. The number of nitrogens with zero attached hydrogens (tertiary/aromatic N) is 5. The van der Waals surface area contributed by atoms with Gasteiger partial charge in [0, 0.05) is 13.1 Å². The summed E-state index contributed by atoms with van der Waals surface area (Å²) in [6.45, 7) is 3.58. The molecule has 0 aliphatic carbocycles. The molecule has 0 saturated carbocycles. The monoisotopic (exact) mass is 395 g/mol. The van der Waals surface area contributed by atoms with Crippen molar-refractivity contribution in [2.45, 2.75) is 12.6 Å². The maximum absolute atomic E-state index is 5.57. The van der Waals surface area contributed by atoms with Crippen LogP contribution in [0.15, 0.2) is 48.5 Å². The molecule has 1 saturated heterocycles. The Bertz CT molecular complexity index is 925. The molecule has 1 aliphatic rings. The number of morpholine rings is 1. The quantitative estimate of drug-likeness (QED) is 0.607. The molecule has 8 nitrogen and oxygen atoms in total.